The van der Waals surface area contributed by atoms with E-state index in [1.54, 1.807) is 0 Å². The van der Waals surface area contributed by atoms with Gasteiger partial charge >= 0.3 is 0 Å². The average molecular weight is 295 g/mol. The molecule has 1 aromatic rings. The Balaban J connectivity index is 3.06. The van der Waals surface area contributed by atoms with Gasteiger partial charge in [0.15, 0.2) is 0 Å². The predicted octanol–water partition coefficient (Wildman–Crippen LogP) is 2.33. The SMILES string of the molecule is CCCC(C)(O)CNc1nc(C(C)(C)C)nc(NN)c1C. The minimum absolute atomic E-state index is 0.179. The van der Waals surface area contributed by atoms with Gasteiger partial charge in [0.2, 0.25) is 0 Å². The molecule has 1 unspecified atom stereocenters. The van der Waals surface area contributed by atoms with Gasteiger partial charge in [-0.25, -0.2) is 15.8 Å². The summed E-state index contributed by atoms with van der Waals surface area (Å²) in [5.74, 6) is 7.56. The van der Waals surface area contributed by atoms with Crippen LogP contribution in [0.1, 0.15) is 58.8 Å². The van der Waals surface area contributed by atoms with E-state index in [4.69, 9.17) is 5.84 Å². The normalized spacial score (nSPS) is 14.7. The summed E-state index contributed by atoms with van der Waals surface area (Å²) in [6.45, 7) is 12.4. The Labute approximate surface area is 127 Å². The van der Waals surface area contributed by atoms with Crippen LogP contribution < -0.4 is 16.6 Å². The lowest BCUT2D eigenvalue weighted by Gasteiger charge is -2.25. The van der Waals surface area contributed by atoms with E-state index in [2.05, 4.69) is 48.4 Å². The monoisotopic (exact) mass is 295 g/mol. The van der Waals surface area contributed by atoms with Crippen molar-refractivity contribution in [2.24, 2.45) is 5.84 Å². The van der Waals surface area contributed by atoms with Crippen molar-refractivity contribution >= 4 is 11.6 Å². The second kappa shape index (κ2) is 6.58. The zero-order valence-corrected chi connectivity index (χ0v) is 14.0. The molecule has 0 aliphatic heterocycles. The highest BCUT2D eigenvalue weighted by Crippen LogP contribution is 2.26. The Morgan fingerprint density at radius 1 is 1.14 bits per heavy atom. The third-order valence-electron chi connectivity index (χ3n) is 3.38. The van der Waals surface area contributed by atoms with E-state index < -0.39 is 5.60 Å². The maximum Gasteiger partial charge on any atom is 0.148 e. The summed E-state index contributed by atoms with van der Waals surface area (Å²) in [6.07, 6.45) is 1.67. The number of nitrogens with one attached hydrogen (secondary N) is 2. The summed E-state index contributed by atoms with van der Waals surface area (Å²) in [7, 11) is 0. The van der Waals surface area contributed by atoms with Crippen molar-refractivity contribution in [3.8, 4) is 0 Å². The summed E-state index contributed by atoms with van der Waals surface area (Å²) in [4.78, 5) is 9.04. The molecule has 6 nitrogen and oxygen atoms in total. The van der Waals surface area contributed by atoms with Crippen molar-refractivity contribution in [2.75, 3.05) is 17.3 Å². The van der Waals surface area contributed by atoms with Crippen LogP contribution in [0.4, 0.5) is 11.6 Å². The molecule has 0 bridgehead atoms. The lowest BCUT2D eigenvalue weighted by Crippen LogP contribution is -2.34. The van der Waals surface area contributed by atoms with Gasteiger partial charge in [-0.15, -0.1) is 0 Å². The highest BCUT2D eigenvalue weighted by atomic mass is 16.3. The van der Waals surface area contributed by atoms with Crippen LogP contribution in [-0.4, -0.2) is 27.2 Å². The number of hydrogen-bond acceptors (Lipinski definition) is 6. The molecule has 0 radical (unpaired) electrons. The summed E-state index contributed by atoms with van der Waals surface area (Å²) >= 11 is 0. The third kappa shape index (κ3) is 4.82. The molecule has 0 aromatic carbocycles. The smallest absolute Gasteiger partial charge is 0.148 e. The molecule has 0 saturated carbocycles. The van der Waals surface area contributed by atoms with E-state index in [1.807, 2.05) is 13.8 Å². The molecule has 6 heteroatoms. The minimum atomic E-state index is -0.760. The number of aliphatic hydroxyl groups is 1. The van der Waals surface area contributed by atoms with Crippen LogP contribution in [0.5, 0.6) is 0 Å². The molecule has 0 spiro atoms. The van der Waals surface area contributed by atoms with Gasteiger partial charge in [0.1, 0.15) is 17.5 Å². The topological polar surface area (TPSA) is 96.1 Å². The molecule has 1 heterocycles. The van der Waals surface area contributed by atoms with Crippen molar-refractivity contribution in [2.45, 2.75) is 65.4 Å². The number of rotatable bonds is 6. The van der Waals surface area contributed by atoms with Gasteiger partial charge in [-0.2, -0.15) is 0 Å². The third-order valence-corrected chi connectivity index (χ3v) is 3.38. The number of anilines is 2. The Morgan fingerprint density at radius 2 is 1.71 bits per heavy atom. The van der Waals surface area contributed by atoms with E-state index in [0.29, 0.717) is 24.0 Å². The van der Waals surface area contributed by atoms with Crippen LogP contribution in [0.15, 0.2) is 0 Å². The summed E-state index contributed by atoms with van der Waals surface area (Å²) in [5, 5.41) is 13.5. The van der Waals surface area contributed by atoms with Gasteiger partial charge in [0.05, 0.1) is 5.60 Å². The molecule has 0 aliphatic carbocycles. The zero-order valence-electron chi connectivity index (χ0n) is 14.0. The molecule has 0 aliphatic rings. The van der Waals surface area contributed by atoms with Crippen LogP contribution in [0.3, 0.4) is 0 Å². The molecule has 1 atom stereocenters. The molecular weight excluding hydrogens is 266 g/mol. The molecule has 21 heavy (non-hydrogen) atoms. The maximum absolute atomic E-state index is 10.3. The first-order valence-corrected chi connectivity index (χ1v) is 7.42. The highest BCUT2D eigenvalue weighted by molar-refractivity contribution is 5.57. The fourth-order valence-electron chi connectivity index (χ4n) is 2.07. The van der Waals surface area contributed by atoms with E-state index >= 15 is 0 Å². The van der Waals surface area contributed by atoms with Crippen molar-refractivity contribution < 1.29 is 5.11 Å². The van der Waals surface area contributed by atoms with Crippen LogP contribution in [0.25, 0.3) is 0 Å². The number of hydrogen-bond donors (Lipinski definition) is 4. The number of hydrazine groups is 1. The van der Waals surface area contributed by atoms with E-state index in [0.717, 1.165) is 18.4 Å². The number of aromatic nitrogens is 2. The fourth-order valence-corrected chi connectivity index (χ4v) is 2.07. The molecule has 0 saturated heterocycles. The van der Waals surface area contributed by atoms with Gasteiger partial charge in [-0.1, -0.05) is 34.1 Å². The first-order chi connectivity index (χ1) is 9.60. The molecular formula is C15H29N5O. The fraction of sp³-hybridized carbons (Fsp3) is 0.733. The second-order valence-corrected chi connectivity index (χ2v) is 6.86. The van der Waals surface area contributed by atoms with Gasteiger partial charge in [0.25, 0.3) is 0 Å². The first-order valence-electron chi connectivity index (χ1n) is 7.42. The van der Waals surface area contributed by atoms with Gasteiger partial charge in [0, 0.05) is 17.5 Å². The molecule has 0 fully saturated rings. The molecule has 0 amide bonds. The van der Waals surface area contributed by atoms with Crippen molar-refractivity contribution in [3.63, 3.8) is 0 Å². The predicted molar refractivity (Wildman–Crippen MR) is 87.3 cm³/mol. The van der Waals surface area contributed by atoms with Crippen molar-refractivity contribution in [3.05, 3.63) is 11.4 Å². The van der Waals surface area contributed by atoms with Crippen LogP contribution >= 0.6 is 0 Å². The zero-order chi connectivity index (χ0) is 16.3. The highest BCUT2D eigenvalue weighted by Gasteiger charge is 2.23. The summed E-state index contributed by atoms with van der Waals surface area (Å²) < 4.78 is 0. The Kier molecular flexibility index (Phi) is 5.53. The molecule has 1 rings (SSSR count). The van der Waals surface area contributed by atoms with Gasteiger partial charge in [-0.05, 0) is 20.3 Å². The van der Waals surface area contributed by atoms with Gasteiger partial charge in [-0.3, -0.25) is 0 Å². The lowest BCUT2D eigenvalue weighted by atomic mass is 9.95. The second-order valence-electron chi connectivity index (χ2n) is 6.86. The molecule has 1 aromatic heterocycles. The summed E-state index contributed by atoms with van der Waals surface area (Å²) in [5.41, 5.74) is 2.52. The Hall–Kier alpha value is -1.40. The molecule has 5 N–H and O–H groups in total. The van der Waals surface area contributed by atoms with E-state index in [9.17, 15) is 5.11 Å². The largest absolute Gasteiger partial charge is 0.388 e. The maximum atomic E-state index is 10.3. The van der Waals surface area contributed by atoms with Gasteiger partial charge < -0.3 is 15.8 Å². The summed E-state index contributed by atoms with van der Waals surface area (Å²) in [6, 6.07) is 0. The van der Waals surface area contributed by atoms with E-state index in [1.165, 1.54) is 0 Å². The first kappa shape index (κ1) is 17.7. The number of nitrogens with two attached hydrogens (primary N) is 1. The minimum Gasteiger partial charge on any atom is -0.388 e. The number of nitrogen functional groups attached to an aromatic ring is 1. The van der Waals surface area contributed by atoms with Crippen LogP contribution in [-0.2, 0) is 5.41 Å². The Morgan fingerprint density at radius 3 is 2.19 bits per heavy atom. The van der Waals surface area contributed by atoms with E-state index in [-0.39, 0.29) is 5.41 Å². The Bertz CT molecular complexity index is 480. The number of nitrogens with zero attached hydrogens (tertiary/aromatic N) is 2. The molecule has 120 valence electrons. The average Bonchev–Trinajstić information content (AvgIpc) is 2.36. The van der Waals surface area contributed by atoms with Crippen LogP contribution in [0, 0.1) is 6.92 Å². The lowest BCUT2D eigenvalue weighted by molar-refractivity contribution is 0.0636. The van der Waals surface area contributed by atoms with Crippen LogP contribution in [0.2, 0.25) is 0 Å². The quantitative estimate of drug-likeness (QED) is 0.475. The standard InChI is InChI=1S/C15H29N5O/c1-7-8-15(6,21)9-17-11-10(2)12(20-16)19-13(18-11)14(3,4)5/h21H,7-9,16H2,1-6H3,(H2,17,18,19,20). The van der Waals surface area contributed by atoms with Crippen molar-refractivity contribution in [1.82, 2.24) is 9.97 Å². The van der Waals surface area contributed by atoms with Crippen molar-refractivity contribution in [1.29, 1.82) is 0 Å².